The van der Waals surface area contributed by atoms with Crippen LogP contribution in [0.3, 0.4) is 0 Å². The van der Waals surface area contributed by atoms with Crippen LogP contribution < -0.4 is 20.5 Å². The lowest BCUT2D eigenvalue weighted by Gasteiger charge is -2.17. The summed E-state index contributed by atoms with van der Waals surface area (Å²) in [6, 6.07) is 3.48. The minimum atomic E-state index is -0.139. The average Bonchev–Trinajstić information content (AvgIpc) is 3.31. The van der Waals surface area contributed by atoms with E-state index in [1.54, 1.807) is 19.2 Å². The van der Waals surface area contributed by atoms with Gasteiger partial charge in [0, 0.05) is 18.2 Å². The standard InChI is InChI=1S/C15H21BrN2O3/c1-3-21-14-11(16)6-10(7-13(14)20-2)15(19)18-12(8-17)9-4-5-9/h6-7,9,12H,3-5,8,17H2,1-2H3,(H,18,19). The number of hydrogen-bond donors (Lipinski definition) is 2. The molecule has 1 aromatic carbocycles. The van der Waals surface area contributed by atoms with Crippen molar-refractivity contribution in [3.05, 3.63) is 22.2 Å². The van der Waals surface area contributed by atoms with E-state index in [9.17, 15) is 4.79 Å². The van der Waals surface area contributed by atoms with Crippen molar-refractivity contribution in [1.29, 1.82) is 0 Å². The Hall–Kier alpha value is -1.27. The molecule has 5 nitrogen and oxygen atoms in total. The predicted molar refractivity (Wildman–Crippen MR) is 84.9 cm³/mol. The molecule has 0 spiro atoms. The number of hydrogen-bond acceptors (Lipinski definition) is 4. The molecule has 21 heavy (non-hydrogen) atoms. The van der Waals surface area contributed by atoms with Crippen LogP contribution in [0.5, 0.6) is 11.5 Å². The molecule has 1 fully saturated rings. The summed E-state index contributed by atoms with van der Waals surface area (Å²) in [5.74, 6) is 1.52. The van der Waals surface area contributed by atoms with E-state index < -0.39 is 0 Å². The van der Waals surface area contributed by atoms with Crippen LogP contribution in [0.2, 0.25) is 0 Å². The first-order valence-corrected chi connectivity index (χ1v) is 7.91. The highest BCUT2D eigenvalue weighted by atomic mass is 79.9. The number of carbonyl (C=O) groups is 1. The fourth-order valence-electron chi connectivity index (χ4n) is 2.25. The molecule has 1 aliphatic rings. The second kappa shape index (κ2) is 7.13. The Morgan fingerprint density at radius 1 is 1.52 bits per heavy atom. The lowest BCUT2D eigenvalue weighted by molar-refractivity contribution is 0.0933. The topological polar surface area (TPSA) is 73.6 Å². The summed E-state index contributed by atoms with van der Waals surface area (Å²) in [6.45, 7) is 2.89. The minimum absolute atomic E-state index is 0.0499. The fourth-order valence-corrected chi connectivity index (χ4v) is 2.81. The zero-order chi connectivity index (χ0) is 15.4. The highest BCUT2D eigenvalue weighted by Crippen LogP contribution is 2.37. The average molecular weight is 357 g/mol. The van der Waals surface area contributed by atoms with Crippen molar-refractivity contribution in [2.24, 2.45) is 11.7 Å². The van der Waals surface area contributed by atoms with E-state index >= 15 is 0 Å². The summed E-state index contributed by atoms with van der Waals surface area (Å²) in [4.78, 5) is 12.4. The third-order valence-corrected chi connectivity index (χ3v) is 4.13. The molecule has 0 aliphatic heterocycles. The number of rotatable bonds is 7. The lowest BCUT2D eigenvalue weighted by Crippen LogP contribution is -2.41. The zero-order valence-corrected chi connectivity index (χ0v) is 13.9. The number of methoxy groups -OCH3 is 1. The first-order valence-electron chi connectivity index (χ1n) is 7.12. The molecule has 1 aliphatic carbocycles. The summed E-state index contributed by atoms with van der Waals surface area (Å²) in [5.41, 5.74) is 6.25. The largest absolute Gasteiger partial charge is 0.493 e. The molecule has 0 radical (unpaired) electrons. The number of halogens is 1. The first kappa shape index (κ1) is 16.1. The Kier molecular flexibility index (Phi) is 5.47. The molecule has 1 saturated carbocycles. The van der Waals surface area contributed by atoms with E-state index in [1.807, 2.05) is 6.92 Å². The maximum atomic E-state index is 12.4. The van der Waals surface area contributed by atoms with Gasteiger partial charge < -0.3 is 20.5 Å². The number of carbonyl (C=O) groups excluding carboxylic acids is 1. The Morgan fingerprint density at radius 3 is 2.76 bits per heavy atom. The quantitative estimate of drug-likeness (QED) is 0.786. The summed E-state index contributed by atoms with van der Waals surface area (Å²) < 4.78 is 11.5. The van der Waals surface area contributed by atoms with Crippen LogP contribution in [0.1, 0.15) is 30.1 Å². The van der Waals surface area contributed by atoms with Crippen LogP contribution >= 0.6 is 15.9 Å². The Bertz CT molecular complexity index is 518. The third kappa shape index (κ3) is 3.89. The van der Waals surface area contributed by atoms with Gasteiger partial charge in [-0.25, -0.2) is 0 Å². The van der Waals surface area contributed by atoms with Gasteiger partial charge >= 0.3 is 0 Å². The molecular weight excluding hydrogens is 336 g/mol. The Labute approximate surface area is 133 Å². The van der Waals surface area contributed by atoms with Gasteiger partial charge in [-0.3, -0.25) is 4.79 Å². The van der Waals surface area contributed by atoms with Crippen molar-refractivity contribution in [2.75, 3.05) is 20.3 Å². The minimum Gasteiger partial charge on any atom is -0.493 e. The molecule has 0 heterocycles. The molecule has 6 heteroatoms. The maximum absolute atomic E-state index is 12.4. The number of nitrogens with one attached hydrogen (secondary N) is 1. The summed E-state index contributed by atoms with van der Waals surface area (Å²) in [7, 11) is 1.55. The highest BCUT2D eigenvalue weighted by Gasteiger charge is 2.31. The Morgan fingerprint density at radius 2 is 2.24 bits per heavy atom. The van der Waals surface area contributed by atoms with Gasteiger partial charge in [0.25, 0.3) is 5.91 Å². The van der Waals surface area contributed by atoms with Gasteiger partial charge in [-0.15, -0.1) is 0 Å². The van der Waals surface area contributed by atoms with Crippen LogP contribution in [-0.4, -0.2) is 32.2 Å². The van der Waals surface area contributed by atoms with Crippen molar-refractivity contribution in [1.82, 2.24) is 5.32 Å². The van der Waals surface area contributed by atoms with E-state index in [2.05, 4.69) is 21.2 Å². The van der Waals surface area contributed by atoms with Crippen molar-refractivity contribution in [3.63, 3.8) is 0 Å². The number of nitrogens with two attached hydrogens (primary N) is 1. The van der Waals surface area contributed by atoms with Gasteiger partial charge in [0.2, 0.25) is 0 Å². The van der Waals surface area contributed by atoms with Crippen molar-refractivity contribution >= 4 is 21.8 Å². The molecule has 0 bridgehead atoms. The molecular formula is C15H21BrN2O3. The van der Waals surface area contributed by atoms with E-state index in [1.165, 1.54) is 0 Å². The fraction of sp³-hybridized carbons (Fsp3) is 0.533. The second-order valence-corrected chi connectivity index (χ2v) is 5.93. The van der Waals surface area contributed by atoms with E-state index in [4.69, 9.17) is 15.2 Å². The predicted octanol–water partition coefficient (Wildman–Crippen LogP) is 2.32. The Balaban J connectivity index is 2.18. The van der Waals surface area contributed by atoms with Gasteiger partial charge in [-0.2, -0.15) is 0 Å². The van der Waals surface area contributed by atoms with Crippen molar-refractivity contribution in [3.8, 4) is 11.5 Å². The van der Waals surface area contributed by atoms with Gasteiger partial charge in [0.05, 0.1) is 18.2 Å². The molecule has 1 unspecified atom stereocenters. The van der Waals surface area contributed by atoms with Gasteiger partial charge in [-0.05, 0) is 53.7 Å². The zero-order valence-electron chi connectivity index (χ0n) is 12.3. The van der Waals surface area contributed by atoms with E-state index in [0.29, 0.717) is 40.6 Å². The summed E-state index contributed by atoms with van der Waals surface area (Å²) in [5, 5.41) is 2.99. The van der Waals surface area contributed by atoms with E-state index in [0.717, 1.165) is 12.8 Å². The second-order valence-electron chi connectivity index (χ2n) is 5.08. The van der Waals surface area contributed by atoms with Crippen LogP contribution in [0.25, 0.3) is 0 Å². The van der Waals surface area contributed by atoms with Crippen molar-refractivity contribution < 1.29 is 14.3 Å². The van der Waals surface area contributed by atoms with E-state index in [-0.39, 0.29) is 11.9 Å². The molecule has 1 aromatic rings. The molecule has 116 valence electrons. The van der Waals surface area contributed by atoms with Gasteiger partial charge in [-0.1, -0.05) is 0 Å². The third-order valence-electron chi connectivity index (χ3n) is 3.54. The van der Waals surface area contributed by atoms with Crippen LogP contribution in [0.15, 0.2) is 16.6 Å². The lowest BCUT2D eigenvalue weighted by atomic mass is 10.1. The monoisotopic (exact) mass is 356 g/mol. The number of amides is 1. The maximum Gasteiger partial charge on any atom is 0.251 e. The van der Waals surface area contributed by atoms with Crippen LogP contribution in [0.4, 0.5) is 0 Å². The molecule has 1 atom stereocenters. The molecule has 0 saturated heterocycles. The first-order chi connectivity index (χ1) is 10.1. The molecule has 2 rings (SSSR count). The molecule has 3 N–H and O–H groups in total. The summed E-state index contributed by atoms with van der Waals surface area (Å²) >= 11 is 3.42. The highest BCUT2D eigenvalue weighted by molar-refractivity contribution is 9.10. The molecule has 0 aromatic heterocycles. The smallest absolute Gasteiger partial charge is 0.251 e. The molecule has 1 amide bonds. The van der Waals surface area contributed by atoms with Crippen molar-refractivity contribution in [2.45, 2.75) is 25.8 Å². The normalized spacial score (nSPS) is 15.4. The summed E-state index contributed by atoms with van der Waals surface area (Å²) in [6.07, 6.45) is 2.27. The number of benzene rings is 1. The van der Waals surface area contributed by atoms with Crippen LogP contribution in [0, 0.1) is 5.92 Å². The number of ether oxygens (including phenoxy) is 2. The van der Waals surface area contributed by atoms with Gasteiger partial charge in [0.1, 0.15) is 0 Å². The van der Waals surface area contributed by atoms with Gasteiger partial charge in [0.15, 0.2) is 11.5 Å². The van der Waals surface area contributed by atoms with Crippen LogP contribution in [-0.2, 0) is 0 Å². The SMILES string of the molecule is CCOc1c(Br)cc(C(=O)NC(CN)C2CC2)cc1OC.